The van der Waals surface area contributed by atoms with Gasteiger partial charge in [-0.2, -0.15) is 0 Å². The first kappa shape index (κ1) is 13.8. The second-order valence-corrected chi connectivity index (χ2v) is 3.58. The summed E-state index contributed by atoms with van der Waals surface area (Å²) >= 11 is 0. The number of esters is 1. The van der Waals surface area contributed by atoms with Crippen LogP contribution in [0.4, 0.5) is 0 Å². The summed E-state index contributed by atoms with van der Waals surface area (Å²) in [6.07, 6.45) is 1.60. The Bertz CT molecular complexity index is 480. The molecule has 18 heavy (non-hydrogen) atoms. The smallest absolute Gasteiger partial charge is 0.333 e. The van der Waals surface area contributed by atoms with Crippen molar-refractivity contribution in [2.24, 2.45) is 5.73 Å². The van der Waals surface area contributed by atoms with Crippen LogP contribution in [-0.4, -0.2) is 25.6 Å². The predicted molar refractivity (Wildman–Crippen MR) is 66.2 cm³/mol. The average Bonchev–Trinajstić information content (AvgIpc) is 2.38. The summed E-state index contributed by atoms with van der Waals surface area (Å²) in [6.45, 7) is 1.85. The number of ether oxygens (including phenoxy) is 2. The molecule has 0 unspecified atom stereocenters. The summed E-state index contributed by atoms with van der Waals surface area (Å²) < 4.78 is 9.91. The molecule has 0 aliphatic carbocycles. The highest BCUT2D eigenvalue weighted by molar-refractivity contribution is 5.93. The third-order valence-electron chi connectivity index (χ3n) is 2.27. The van der Waals surface area contributed by atoms with E-state index in [9.17, 15) is 9.59 Å². The molecule has 0 spiro atoms. The lowest BCUT2D eigenvalue weighted by atomic mass is 10.2. The standard InChI is InChI=1S/C13H15NO4/c1-9(13(16)17-2)6-7-18-11-5-3-4-10(8-11)12(14)15/h3-6,8H,7H2,1-2H3,(H2,14,15). The van der Waals surface area contributed by atoms with Crippen molar-refractivity contribution in [2.75, 3.05) is 13.7 Å². The third kappa shape index (κ3) is 3.93. The van der Waals surface area contributed by atoms with Gasteiger partial charge in [-0.15, -0.1) is 0 Å². The van der Waals surface area contributed by atoms with E-state index in [4.69, 9.17) is 10.5 Å². The molecule has 1 amide bonds. The van der Waals surface area contributed by atoms with E-state index in [1.165, 1.54) is 7.11 Å². The van der Waals surface area contributed by atoms with Gasteiger partial charge in [-0.1, -0.05) is 6.07 Å². The second kappa shape index (κ2) is 6.44. The minimum atomic E-state index is -0.512. The predicted octanol–water partition coefficient (Wildman–Crippen LogP) is 1.28. The van der Waals surface area contributed by atoms with Crippen LogP contribution in [0.5, 0.6) is 5.75 Å². The summed E-state index contributed by atoms with van der Waals surface area (Å²) in [7, 11) is 1.32. The normalized spacial score (nSPS) is 10.9. The molecule has 5 nitrogen and oxygen atoms in total. The minimum absolute atomic E-state index is 0.211. The van der Waals surface area contributed by atoms with Crippen LogP contribution in [0.3, 0.4) is 0 Å². The molecule has 1 aromatic rings. The quantitative estimate of drug-likeness (QED) is 0.630. The van der Waals surface area contributed by atoms with Crippen molar-refractivity contribution in [1.82, 2.24) is 0 Å². The number of hydrogen-bond acceptors (Lipinski definition) is 4. The first-order valence-corrected chi connectivity index (χ1v) is 5.32. The SMILES string of the molecule is COC(=O)C(C)=CCOc1cccc(C(N)=O)c1. The molecule has 1 aromatic carbocycles. The summed E-state index contributed by atoms with van der Waals surface area (Å²) in [4.78, 5) is 22.0. The van der Waals surface area contributed by atoms with E-state index in [1.54, 1.807) is 37.3 Å². The van der Waals surface area contributed by atoms with Gasteiger partial charge in [0, 0.05) is 11.1 Å². The summed E-state index contributed by atoms with van der Waals surface area (Å²) in [5.74, 6) is -0.397. The number of benzene rings is 1. The number of carbonyl (C=O) groups excluding carboxylic acids is 2. The maximum Gasteiger partial charge on any atom is 0.333 e. The van der Waals surface area contributed by atoms with Gasteiger partial charge < -0.3 is 15.2 Å². The number of rotatable bonds is 5. The molecule has 0 saturated carbocycles. The molecule has 2 N–H and O–H groups in total. The van der Waals surface area contributed by atoms with Crippen molar-refractivity contribution in [3.05, 3.63) is 41.5 Å². The summed E-state index contributed by atoms with van der Waals surface area (Å²) in [5, 5.41) is 0. The molecule has 1 rings (SSSR count). The zero-order chi connectivity index (χ0) is 13.5. The van der Waals surface area contributed by atoms with Gasteiger partial charge in [-0.3, -0.25) is 4.79 Å². The molecule has 0 saturated heterocycles. The van der Waals surface area contributed by atoms with E-state index < -0.39 is 11.9 Å². The van der Waals surface area contributed by atoms with Crippen molar-refractivity contribution in [2.45, 2.75) is 6.92 Å². The average molecular weight is 249 g/mol. The lowest BCUT2D eigenvalue weighted by Crippen LogP contribution is -2.10. The van der Waals surface area contributed by atoms with Crippen LogP contribution < -0.4 is 10.5 Å². The molecule has 0 heterocycles. The monoisotopic (exact) mass is 249 g/mol. The molecular weight excluding hydrogens is 234 g/mol. The zero-order valence-corrected chi connectivity index (χ0v) is 10.3. The van der Waals surface area contributed by atoms with Gasteiger partial charge in [0.25, 0.3) is 0 Å². The molecule has 0 atom stereocenters. The third-order valence-corrected chi connectivity index (χ3v) is 2.27. The number of primary amides is 1. The molecule has 5 heteroatoms. The molecule has 0 bridgehead atoms. The van der Waals surface area contributed by atoms with Gasteiger partial charge in [0.2, 0.25) is 5.91 Å². The van der Waals surface area contributed by atoms with Crippen molar-refractivity contribution >= 4 is 11.9 Å². The fourth-order valence-electron chi connectivity index (χ4n) is 1.25. The Kier molecular flexibility index (Phi) is 4.92. The maximum atomic E-state index is 11.1. The van der Waals surface area contributed by atoms with Crippen LogP contribution in [0, 0.1) is 0 Å². The number of amides is 1. The molecule has 0 aliphatic rings. The molecule has 0 fully saturated rings. The first-order valence-electron chi connectivity index (χ1n) is 5.32. The van der Waals surface area contributed by atoms with Crippen LogP contribution in [0.1, 0.15) is 17.3 Å². The zero-order valence-electron chi connectivity index (χ0n) is 10.3. The first-order chi connectivity index (χ1) is 8.54. The molecule has 0 aliphatic heterocycles. The summed E-state index contributed by atoms with van der Waals surface area (Å²) in [6, 6.07) is 6.52. The maximum absolute atomic E-state index is 11.1. The highest BCUT2D eigenvalue weighted by atomic mass is 16.5. The van der Waals surface area contributed by atoms with E-state index in [0.29, 0.717) is 16.9 Å². The molecular formula is C13H15NO4. The van der Waals surface area contributed by atoms with Gasteiger partial charge in [0.1, 0.15) is 12.4 Å². The van der Waals surface area contributed by atoms with Crippen molar-refractivity contribution < 1.29 is 19.1 Å². The molecule has 0 aromatic heterocycles. The highest BCUT2D eigenvalue weighted by Crippen LogP contribution is 2.13. The van der Waals surface area contributed by atoms with Gasteiger partial charge in [0.15, 0.2) is 0 Å². The fraction of sp³-hybridized carbons (Fsp3) is 0.231. The Balaban J connectivity index is 2.61. The Labute approximate surface area is 105 Å². The Morgan fingerprint density at radius 1 is 1.39 bits per heavy atom. The van der Waals surface area contributed by atoms with Crippen LogP contribution >= 0.6 is 0 Å². The van der Waals surface area contributed by atoms with Crippen LogP contribution in [0.2, 0.25) is 0 Å². The second-order valence-electron chi connectivity index (χ2n) is 3.58. The van der Waals surface area contributed by atoms with E-state index in [2.05, 4.69) is 4.74 Å². The van der Waals surface area contributed by atoms with E-state index in [0.717, 1.165) is 0 Å². The largest absolute Gasteiger partial charge is 0.489 e. The number of hydrogen-bond donors (Lipinski definition) is 1. The van der Waals surface area contributed by atoms with Gasteiger partial charge in [0.05, 0.1) is 7.11 Å². The van der Waals surface area contributed by atoms with E-state index in [1.807, 2.05) is 0 Å². The van der Waals surface area contributed by atoms with Crippen LogP contribution in [0.25, 0.3) is 0 Å². The van der Waals surface area contributed by atoms with E-state index in [-0.39, 0.29) is 6.61 Å². The highest BCUT2D eigenvalue weighted by Gasteiger charge is 2.03. The lowest BCUT2D eigenvalue weighted by molar-refractivity contribution is -0.136. The van der Waals surface area contributed by atoms with Crippen LogP contribution in [0.15, 0.2) is 35.9 Å². The topological polar surface area (TPSA) is 78.6 Å². The fourth-order valence-corrected chi connectivity index (χ4v) is 1.25. The van der Waals surface area contributed by atoms with E-state index >= 15 is 0 Å². The number of methoxy groups -OCH3 is 1. The number of nitrogens with two attached hydrogens (primary N) is 1. The van der Waals surface area contributed by atoms with Crippen molar-refractivity contribution in [3.8, 4) is 5.75 Å². The minimum Gasteiger partial charge on any atom is -0.489 e. The van der Waals surface area contributed by atoms with Crippen LogP contribution in [-0.2, 0) is 9.53 Å². The Morgan fingerprint density at radius 3 is 2.72 bits per heavy atom. The van der Waals surface area contributed by atoms with Crippen molar-refractivity contribution in [1.29, 1.82) is 0 Å². The van der Waals surface area contributed by atoms with Gasteiger partial charge >= 0.3 is 5.97 Å². The Morgan fingerprint density at radius 2 is 2.11 bits per heavy atom. The molecule has 96 valence electrons. The molecule has 0 radical (unpaired) electrons. The van der Waals surface area contributed by atoms with Gasteiger partial charge in [-0.05, 0) is 31.2 Å². The van der Waals surface area contributed by atoms with Crippen molar-refractivity contribution in [3.63, 3.8) is 0 Å². The lowest BCUT2D eigenvalue weighted by Gasteiger charge is -2.05. The Hall–Kier alpha value is -2.30. The number of carbonyl (C=O) groups is 2. The summed E-state index contributed by atoms with van der Waals surface area (Å²) in [5.41, 5.74) is 5.99. The van der Waals surface area contributed by atoms with Gasteiger partial charge in [-0.25, -0.2) is 4.79 Å².